The van der Waals surface area contributed by atoms with Crippen molar-refractivity contribution in [2.45, 2.75) is 0 Å². The van der Waals surface area contributed by atoms with Crippen LogP contribution in [0.1, 0.15) is 0 Å². The van der Waals surface area contributed by atoms with Gasteiger partial charge in [-0.05, 0) is 60.1 Å². The first kappa shape index (κ1) is 14.5. The van der Waals surface area contributed by atoms with E-state index in [1.54, 1.807) is 0 Å². The fourth-order valence-electron chi connectivity index (χ4n) is 1.86. The molecule has 0 fully saturated rings. The maximum atomic E-state index is 5.92. The number of rotatable bonds is 2. The summed E-state index contributed by atoms with van der Waals surface area (Å²) in [6.07, 6.45) is 0. The van der Waals surface area contributed by atoms with E-state index in [0.717, 1.165) is 31.4 Å². The van der Waals surface area contributed by atoms with Gasteiger partial charge in [-0.15, -0.1) is 0 Å². The standard InChI is InChI=1S/C15H11BrClN3S/c1-20-14(10-2-6-12(17)7-3-10)19-15(21-20)18-13-8-4-11(16)5-9-13/h2-9H,1H3. The smallest absolute Gasteiger partial charge is 0.227 e. The van der Waals surface area contributed by atoms with Gasteiger partial charge in [-0.1, -0.05) is 27.5 Å². The van der Waals surface area contributed by atoms with E-state index in [1.807, 2.05) is 59.5 Å². The highest BCUT2D eigenvalue weighted by atomic mass is 79.9. The van der Waals surface area contributed by atoms with Crippen LogP contribution in [0, 0.1) is 0 Å². The summed E-state index contributed by atoms with van der Waals surface area (Å²) < 4.78 is 3.04. The van der Waals surface area contributed by atoms with Crippen LogP contribution in [0.5, 0.6) is 0 Å². The van der Waals surface area contributed by atoms with Crippen LogP contribution in [0.3, 0.4) is 0 Å². The van der Waals surface area contributed by atoms with Gasteiger partial charge in [0.05, 0.1) is 5.69 Å². The minimum Gasteiger partial charge on any atom is -0.281 e. The number of benzene rings is 2. The molecule has 0 saturated carbocycles. The minimum absolute atomic E-state index is 0.719. The predicted molar refractivity (Wildman–Crippen MR) is 90.9 cm³/mol. The summed E-state index contributed by atoms with van der Waals surface area (Å²) in [4.78, 5) is 9.86. The fourth-order valence-corrected chi connectivity index (χ4v) is 3.01. The average Bonchev–Trinajstić information content (AvgIpc) is 2.83. The van der Waals surface area contributed by atoms with Crippen molar-refractivity contribution >= 4 is 44.8 Å². The zero-order valence-electron chi connectivity index (χ0n) is 11.1. The molecule has 1 heterocycles. The highest BCUT2D eigenvalue weighted by molar-refractivity contribution is 9.10. The topological polar surface area (TPSA) is 30.2 Å². The highest BCUT2D eigenvalue weighted by Crippen LogP contribution is 2.20. The van der Waals surface area contributed by atoms with E-state index in [2.05, 4.69) is 25.9 Å². The minimum atomic E-state index is 0.719. The molecular weight excluding hydrogens is 370 g/mol. The molecule has 0 bridgehead atoms. The van der Waals surface area contributed by atoms with Gasteiger partial charge in [-0.3, -0.25) is 3.96 Å². The Bertz CT molecular complexity index is 819. The fraction of sp³-hybridized carbons (Fsp3) is 0.0667. The van der Waals surface area contributed by atoms with Crippen molar-refractivity contribution in [3.05, 3.63) is 62.8 Å². The van der Waals surface area contributed by atoms with E-state index >= 15 is 0 Å². The van der Waals surface area contributed by atoms with Crippen LogP contribution in [0.25, 0.3) is 11.4 Å². The molecule has 3 aromatic rings. The van der Waals surface area contributed by atoms with Gasteiger partial charge in [0.25, 0.3) is 0 Å². The first-order chi connectivity index (χ1) is 10.1. The Morgan fingerprint density at radius 1 is 1.10 bits per heavy atom. The second kappa shape index (κ2) is 6.13. The SMILES string of the molecule is Cn1sc(=Nc2ccc(Br)cc2)nc1-c1ccc(Cl)cc1. The lowest BCUT2D eigenvalue weighted by atomic mass is 10.2. The van der Waals surface area contributed by atoms with Crippen molar-refractivity contribution < 1.29 is 0 Å². The third-order valence-electron chi connectivity index (χ3n) is 2.87. The summed E-state index contributed by atoms with van der Waals surface area (Å²) in [5, 5.41) is 0.719. The number of halogens is 2. The van der Waals surface area contributed by atoms with E-state index < -0.39 is 0 Å². The van der Waals surface area contributed by atoms with Crippen molar-refractivity contribution in [1.29, 1.82) is 0 Å². The lowest BCUT2D eigenvalue weighted by molar-refractivity contribution is 1.00. The maximum absolute atomic E-state index is 5.92. The Hall–Kier alpha value is -1.43. The highest BCUT2D eigenvalue weighted by Gasteiger charge is 2.06. The van der Waals surface area contributed by atoms with Gasteiger partial charge in [0.1, 0.15) is 0 Å². The van der Waals surface area contributed by atoms with E-state index in [9.17, 15) is 0 Å². The Labute approximate surface area is 139 Å². The van der Waals surface area contributed by atoms with Gasteiger partial charge in [0.2, 0.25) is 4.80 Å². The predicted octanol–water partition coefficient (Wildman–Crippen LogP) is 4.80. The second-order valence-corrected chi connectivity index (χ2v) is 6.85. The van der Waals surface area contributed by atoms with Gasteiger partial charge in [0.15, 0.2) is 5.82 Å². The molecule has 6 heteroatoms. The van der Waals surface area contributed by atoms with Gasteiger partial charge >= 0.3 is 0 Å². The van der Waals surface area contributed by atoms with Gasteiger partial charge in [-0.25, -0.2) is 4.99 Å². The van der Waals surface area contributed by atoms with Crippen molar-refractivity contribution in [2.75, 3.05) is 0 Å². The molecule has 0 radical (unpaired) electrons. The van der Waals surface area contributed by atoms with Crippen LogP contribution in [0.2, 0.25) is 5.02 Å². The number of aryl methyl sites for hydroxylation is 1. The van der Waals surface area contributed by atoms with E-state index in [1.165, 1.54) is 11.5 Å². The summed E-state index contributed by atoms with van der Waals surface area (Å²) in [7, 11) is 1.97. The molecule has 106 valence electrons. The molecule has 1 aromatic heterocycles. The molecule has 0 unspecified atom stereocenters. The molecule has 3 rings (SSSR count). The number of aromatic nitrogens is 2. The molecule has 2 aromatic carbocycles. The third-order valence-corrected chi connectivity index (χ3v) is 4.45. The zero-order valence-corrected chi connectivity index (χ0v) is 14.3. The second-order valence-electron chi connectivity index (χ2n) is 4.40. The Morgan fingerprint density at radius 2 is 1.76 bits per heavy atom. The molecule has 0 N–H and O–H groups in total. The molecule has 0 aliphatic carbocycles. The van der Waals surface area contributed by atoms with Gasteiger partial charge in [-0.2, -0.15) is 4.98 Å². The van der Waals surface area contributed by atoms with Crippen LogP contribution in [0.15, 0.2) is 58.0 Å². The Balaban J connectivity index is 2.01. The summed E-state index contributed by atoms with van der Waals surface area (Å²) in [6, 6.07) is 15.5. The summed E-state index contributed by atoms with van der Waals surface area (Å²) in [5.41, 5.74) is 1.91. The number of nitrogens with zero attached hydrogens (tertiary/aromatic N) is 3. The van der Waals surface area contributed by atoms with Crippen LogP contribution in [0.4, 0.5) is 5.69 Å². The van der Waals surface area contributed by atoms with E-state index in [4.69, 9.17) is 11.6 Å². The first-order valence-electron chi connectivity index (χ1n) is 6.22. The van der Waals surface area contributed by atoms with Crippen molar-refractivity contribution in [3.8, 4) is 11.4 Å². The lowest BCUT2D eigenvalue weighted by Crippen LogP contribution is -1.96. The zero-order chi connectivity index (χ0) is 14.8. The van der Waals surface area contributed by atoms with Gasteiger partial charge in [0, 0.05) is 22.1 Å². The summed E-state index contributed by atoms with van der Waals surface area (Å²) >= 11 is 10.8. The quantitative estimate of drug-likeness (QED) is 0.628. The van der Waals surface area contributed by atoms with Crippen LogP contribution >= 0.6 is 39.1 Å². The molecule has 0 spiro atoms. The van der Waals surface area contributed by atoms with Gasteiger partial charge < -0.3 is 0 Å². The van der Waals surface area contributed by atoms with E-state index in [0.29, 0.717) is 0 Å². The summed E-state index contributed by atoms with van der Waals surface area (Å²) in [5.74, 6) is 0.882. The molecule has 0 amide bonds. The molecule has 0 aliphatic heterocycles. The molecule has 21 heavy (non-hydrogen) atoms. The largest absolute Gasteiger partial charge is 0.281 e. The molecule has 0 atom stereocenters. The summed E-state index contributed by atoms with van der Waals surface area (Å²) in [6.45, 7) is 0. The van der Waals surface area contributed by atoms with Crippen LogP contribution in [-0.4, -0.2) is 8.94 Å². The third kappa shape index (κ3) is 3.43. The molecule has 0 aliphatic rings. The average molecular weight is 381 g/mol. The monoisotopic (exact) mass is 379 g/mol. The molecule has 3 nitrogen and oxygen atoms in total. The van der Waals surface area contributed by atoms with Crippen LogP contribution in [-0.2, 0) is 7.05 Å². The molecule has 0 saturated heterocycles. The Kier molecular flexibility index (Phi) is 4.24. The lowest BCUT2D eigenvalue weighted by Gasteiger charge is -1.99. The van der Waals surface area contributed by atoms with Crippen molar-refractivity contribution in [2.24, 2.45) is 12.0 Å². The number of hydrogen-bond acceptors (Lipinski definition) is 3. The van der Waals surface area contributed by atoms with Crippen LogP contribution < -0.4 is 4.80 Å². The Morgan fingerprint density at radius 3 is 2.43 bits per heavy atom. The van der Waals surface area contributed by atoms with E-state index in [-0.39, 0.29) is 0 Å². The normalized spacial score (nSPS) is 11.9. The van der Waals surface area contributed by atoms with Crippen molar-refractivity contribution in [3.63, 3.8) is 0 Å². The first-order valence-corrected chi connectivity index (χ1v) is 8.17. The van der Waals surface area contributed by atoms with Crippen molar-refractivity contribution in [1.82, 2.24) is 8.94 Å². The molecular formula is C15H11BrClN3S. The maximum Gasteiger partial charge on any atom is 0.227 e. The number of hydrogen-bond donors (Lipinski definition) is 0.